The number of fused-ring (bicyclic) bond motifs is 1. The van der Waals surface area contributed by atoms with E-state index in [1.807, 2.05) is 0 Å². The molecule has 0 aliphatic carbocycles. The number of benzene rings is 1. The normalized spacial score (nSPS) is 22.5. The van der Waals surface area contributed by atoms with Crippen molar-refractivity contribution >= 4 is 16.9 Å². The number of piperidine rings is 1. The highest BCUT2D eigenvalue weighted by Crippen LogP contribution is 2.22. The molecule has 5 nitrogen and oxygen atoms in total. The predicted octanol–water partition coefficient (Wildman–Crippen LogP) is 1.78. The summed E-state index contributed by atoms with van der Waals surface area (Å²) in [6.45, 7) is 2.52. The van der Waals surface area contributed by atoms with Crippen LogP contribution in [-0.4, -0.2) is 34.6 Å². The Morgan fingerprint density at radius 3 is 2.90 bits per heavy atom. The minimum absolute atomic E-state index is 0.0244. The van der Waals surface area contributed by atoms with E-state index in [0.29, 0.717) is 23.9 Å². The number of nitrogens with zero attached hydrogens (tertiary/aromatic N) is 1. The van der Waals surface area contributed by atoms with Gasteiger partial charge in [0.15, 0.2) is 11.2 Å². The Balaban J connectivity index is 1.96. The second-order valence-electron chi connectivity index (χ2n) is 5.80. The van der Waals surface area contributed by atoms with E-state index in [1.54, 1.807) is 31.2 Å². The first-order valence-electron chi connectivity index (χ1n) is 7.01. The van der Waals surface area contributed by atoms with E-state index in [4.69, 9.17) is 4.42 Å². The zero-order valence-electron chi connectivity index (χ0n) is 11.8. The Hall–Kier alpha value is -2.14. The summed E-state index contributed by atoms with van der Waals surface area (Å²) in [5.74, 6) is -0.325. The lowest BCUT2D eigenvalue weighted by Crippen LogP contribution is -2.48. The molecular weight excluding hydrogens is 270 g/mol. The number of rotatable bonds is 1. The van der Waals surface area contributed by atoms with Crippen molar-refractivity contribution in [2.75, 3.05) is 13.1 Å². The highest BCUT2D eigenvalue weighted by atomic mass is 16.3. The number of hydrogen-bond donors (Lipinski definition) is 1. The summed E-state index contributed by atoms with van der Waals surface area (Å²) in [6, 6.07) is 8.07. The van der Waals surface area contributed by atoms with Crippen LogP contribution in [0.3, 0.4) is 0 Å². The predicted molar refractivity (Wildman–Crippen MR) is 78.2 cm³/mol. The van der Waals surface area contributed by atoms with Crippen LogP contribution in [0.5, 0.6) is 0 Å². The third-order valence-electron chi connectivity index (χ3n) is 3.81. The maximum atomic E-state index is 12.5. The van der Waals surface area contributed by atoms with Crippen LogP contribution < -0.4 is 5.43 Å². The van der Waals surface area contributed by atoms with Crippen LogP contribution in [0.1, 0.15) is 30.3 Å². The van der Waals surface area contributed by atoms with E-state index >= 15 is 0 Å². The maximum Gasteiger partial charge on any atom is 0.289 e. The number of amides is 1. The average Bonchev–Trinajstić information content (AvgIpc) is 2.45. The molecule has 0 spiro atoms. The van der Waals surface area contributed by atoms with Gasteiger partial charge in [0.1, 0.15) is 5.58 Å². The number of carbonyl (C=O) groups is 1. The van der Waals surface area contributed by atoms with Crippen molar-refractivity contribution < 1.29 is 14.3 Å². The van der Waals surface area contributed by atoms with Gasteiger partial charge >= 0.3 is 0 Å². The van der Waals surface area contributed by atoms with Gasteiger partial charge in [-0.1, -0.05) is 12.1 Å². The Morgan fingerprint density at radius 1 is 1.38 bits per heavy atom. The molecule has 0 bridgehead atoms. The van der Waals surface area contributed by atoms with Crippen molar-refractivity contribution in [2.45, 2.75) is 25.4 Å². The van der Waals surface area contributed by atoms with Gasteiger partial charge in [-0.25, -0.2) is 0 Å². The number of carbonyl (C=O) groups excluding carboxylic acids is 1. The average molecular weight is 287 g/mol. The third kappa shape index (κ3) is 2.69. The van der Waals surface area contributed by atoms with Gasteiger partial charge in [-0.2, -0.15) is 0 Å². The maximum absolute atomic E-state index is 12.5. The van der Waals surface area contributed by atoms with Gasteiger partial charge in [0.25, 0.3) is 5.91 Å². The highest BCUT2D eigenvalue weighted by Gasteiger charge is 2.32. The summed E-state index contributed by atoms with van der Waals surface area (Å²) in [5, 5.41) is 10.5. The van der Waals surface area contributed by atoms with E-state index in [2.05, 4.69) is 0 Å². The number of aliphatic hydroxyl groups is 1. The highest BCUT2D eigenvalue weighted by molar-refractivity contribution is 5.93. The fraction of sp³-hybridized carbons (Fsp3) is 0.375. The van der Waals surface area contributed by atoms with E-state index in [0.717, 1.165) is 6.42 Å². The summed E-state index contributed by atoms with van der Waals surface area (Å²) in [4.78, 5) is 26.0. The van der Waals surface area contributed by atoms with Crippen LogP contribution in [0.15, 0.2) is 39.5 Å². The lowest BCUT2D eigenvalue weighted by Gasteiger charge is -2.36. The summed E-state index contributed by atoms with van der Waals surface area (Å²) in [7, 11) is 0. The SMILES string of the molecule is CC1(O)CCCN(C(=O)c2cc(=O)c3ccccc3o2)C1. The Bertz CT molecular complexity index is 747. The molecule has 110 valence electrons. The van der Waals surface area contributed by atoms with Gasteiger partial charge in [0.2, 0.25) is 0 Å². The quantitative estimate of drug-likeness (QED) is 0.868. The molecule has 1 aromatic heterocycles. The van der Waals surface area contributed by atoms with Crippen LogP contribution in [0.2, 0.25) is 0 Å². The summed E-state index contributed by atoms with van der Waals surface area (Å²) >= 11 is 0. The van der Waals surface area contributed by atoms with Crippen LogP contribution >= 0.6 is 0 Å². The van der Waals surface area contributed by atoms with Crippen molar-refractivity contribution in [3.63, 3.8) is 0 Å². The van der Waals surface area contributed by atoms with Crippen molar-refractivity contribution in [3.05, 3.63) is 46.3 Å². The molecule has 1 saturated heterocycles. The minimum atomic E-state index is -0.884. The number of hydrogen-bond acceptors (Lipinski definition) is 4. The van der Waals surface area contributed by atoms with Gasteiger partial charge in [0.05, 0.1) is 11.0 Å². The number of β-amino-alcohol motifs (C(OH)–C–C–N with tert-alkyl or cyclic N) is 1. The van der Waals surface area contributed by atoms with Crippen LogP contribution in [0.25, 0.3) is 11.0 Å². The van der Waals surface area contributed by atoms with E-state index in [-0.39, 0.29) is 23.6 Å². The number of likely N-dealkylation sites (tertiary alicyclic amines) is 1. The Morgan fingerprint density at radius 2 is 2.14 bits per heavy atom. The summed E-state index contributed by atoms with van der Waals surface area (Å²) in [6.07, 6.45) is 1.40. The first-order chi connectivity index (χ1) is 9.96. The van der Waals surface area contributed by atoms with Crippen molar-refractivity contribution in [1.29, 1.82) is 0 Å². The molecule has 1 atom stereocenters. The molecule has 1 amide bonds. The molecule has 3 rings (SSSR count). The molecule has 1 aliphatic rings. The molecule has 1 unspecified atom stereocenters. The molecule has 1 aliphatic heterocycles. The molecule has 1 fully saturated rings. The molecule has 1 aromatic carbocycles. The molecular formula is C16H17NO4. The summed E-state index contributed by atoms with van der Waals surface area (Å²) < 4.78 is 5.55. The van der Waals surface area contributed by atoms with Crippen LogP contribution in [0, 0.1) is 0 Å². The monoisotopic (exact) mass is 287 g/mol. The van der Waals surface area contributed by atoms with E-state index < -0.39 is 5.60 Å². The van der Waals surface area contributed by atoms with Gasteiger partial charge in [-0.05, 0) is 31.9 Å². The number of para-hydroxylation sites is 1. The largest absolute Gasteiger partial charge is 0.451 e. The Labute approximate surface area is 121 Å². The molecule has 2 heterocycles. The fourth-order valence-corrected chi connectivity index (χ4v) is 2.76. The minimum Gasteiger partial charge on any atom is -0.451 e. The molecule has 2 aromatic rings. The van der Waals surface area contributed by atoms with Crippen molar-refractivity contribution in [3.8, 4) is 0 Å². The Kier molecular flexibility index (Phi) is 3.29. The second-order valence-corrected chi connectivity index (χ2v) is 5.80. The second kappa shape index (κ2) is 5.00. The lowest BCUT2D eigenvalue weighted by molar-refractivity contribution is -0.0117. The molecule has 0 radical (unpaired) electrons. The fourth-order valence-electron chi connectivity index (χ4n) is 2.76. The van der Waals surface area contributed by atoms with Crippen molar-refractivity contribution in [1.82, 2.24) is 4.90 Å². The standard InChI is InChI=1S/C16H17NO4/c1-16(20)7-4-8-17(10-16)15(19)14-9-12(18)11-5-2-3-6-13(11)21-14/h2-3,5-6,9,20H,4,7-8,10H2,1H3. The first kappa shape index (κ1) is 13.8. The smallest absolute Gasteiger partial charge is 0.289 e. The first-order valence-corrected chi connectivity index (χ1v) is 7.01. The zero-order valence-corrected chi connectivity index (χ0v) is 11.8. The molecule has 0 saturated carbocycles. The lowest BCUT2D eigenvalue weighted by atomic mass is 9.95. The summed E-state index contributed by atoms with van der Waals surface area (Å²) in [5.41, 5.74) is -0.716. The van der Waals surface area contributed by atoms with Gasteiger partial charge in [-0.15, -0.1) is 0 Å². The topological polar surface area (TPSA) is 70.8 Å². The van der Waals surface area contributed by atoms with Crippen LogP contribution in [0.4, 0.5) is 0 Å². The third-order valence-corrected chi connectivity index (χ3v) is 3.81. The van der Waals surface area contributed by atoms with Crippen LogP contribution in [-0.2, 0) is 0 Å². The van der Waals surface area contributed by atoms with Gasteiger partial charge in [-0.3, -0.25) is 9.59 Å². The van der Waals surface area contributed by atoms with Gasteiger partial charge in [0, 0.05) is 19.2 Å². The zero-order chi connectivity index (χ0) is 15.0. The van der Waals surface area contributed by atoms with Crippen molar-refractivity contribution in [2.24, 2.45) is 0 Å². The molecule has 5 heteroatoms. The van der Waals surface area contributed by atoms with Gasteiger partial charge < -0.3 is 14.4 Å². The van der Waals surface area contributed by atoms with E-state index in [1.165, 1.54) is 11.0 Å². The van der Waals surface area contributed by atoms with E-state index in [9.17, 15) is 14.7 Å². The molecule has 1 N–H and O–H groups in total. The molecule has 21 heavy (non-hydrogen) atoms.